The third-order valence-electron chi connectivity index (χ3n) is 0. The van der Waals surface area contributed by atoms with Gasteiger partial charge in [-0.05, 0) is 0 Å². The van der Waals surface area contributed by atoms with E-state index < -0.39 is 0 Å². The van der Waals surface area contributed by atoms with Gasteiger partial charge in [-0.15, -0.1) is 24.8 Å². The Kier molecular flexibility index (Phi) is 25.1. The Morgan fingerprint density at radius 2 is 1.17 bits per heavy atom. The van der Waals surface area contributed by atoms with E-state index in [0.717, 1.165) is 3.93 Å². The molecule has 0 aromatic heterocycles. The summed E-state index contributed by atoms with van der Waals surface area (Å²) in [6.07, 6.45) is 0. The molecule has 0 aromatic carbocycles. The van der Waals surface area contributed by atoms with Gasteiger partial charge in [0.05, 0.1) is 0 Å². The quantitative estimate of drug-likeness (QED) is 0.561. The fourth-order valence-corrected chi connectivity index (χ4v) is 0. The van der Waals surface area contributed by atoms with Crippen molar-refractivity contribution < 1.29 is 0 Å². The molecule has 0 N–H and O–H groups in total. The molecule has 0 aromatic rings. The second kappa shape index (κ2) is 9.62. The van der Waals surface area contributed by atoms with Crippen LogP contribution in [0.4, 0.5) is 0 Å². The first kappa shape index (κ1) is 15.7. The number of halogens is 2. The summed E-state index contributed by atoms with van der Waals surface area (Å²) in [4.78, 5) is 0. The van der Waals surface area contributed by atoms with E-state index in [1.807, 2.05) is 0 Å². The molecule has 3 heteroatoms. The summed E-state index contributed by atoms with van der Waals surface area (Å²) in [6, 6.07) is 0. The Morgan fingerprint density at radius 1 is 1.17 bits per heavy atom. The van der Waals surface area contributed by atoms with Gasteiger partial charge in [-0.25, -0.2) is 0 Å². The summed E-state index contributed by atoms with van der Waals surface area (Å²) in [5.74, 6) is 0. The molecule has 0 saturated heterocycles. The van der Waals surface area contributed by atoms with Gasteiger partial charge in [0.15, 0.2) is 0 Å². The van der Waals surface area contributed by atoms with Crippen LogP contribution in [0.25, 0.3) is 0 Å². The van der Waals surface area contributed by atoms with E-state index in [9.17, 15) is 0 Å². The monoisotopic (exact) mass is 235 g/mol. The molecule has 0 spiro atoms. The number of hydrogen-bond acceptors (Lipinski definition) is 0. The zero-order valence-corrected chi connectivity index (χ0v) is 8.38. The smallest absolute Gasteiger partial charge is 0.147 e. The van der Waals surface area contributed by atoms with Crippen molar-refractivity contribution in [2.45, 2.75) is 17.8 Å². The molecule has 6 heavy (non-hydrogen) atoms. The minimum atomic E-state index is 0. The van der Waals surface area contributed by atoms with Gasteiger partial charge in [0.2, 0.25) is 0 Å². The summed E-state index contributed by atoms with van der Waals surface area (Å²) >= 11 is 1.64. The van der Waals surface area contributed by atoms with Gasteiger partial charge in [-0.1, -0.05) is 0 Å². The molecule has 0 bridgehead atoms. The van der Waals surface area contributed by atoms with Crippen LogP contribution in [0.5, 0.6) is 0 Å². The molecular weight excluding hydrogens is 226 g/mol. The molecule has 0 aliphatic rings. The van der Waals surface area contributed by atoms with E-state index in [-0.39, 0.29) is 24.8 Å². The van der Waals surface area contributed by atoms with Crippen LogP contribution in [0.1, 0.15) is 13.8 Å². The van der Waals surface area contributed by atoms with E-state index in [0.29, 0.717) is 0 Å². The van der Waals surface area contributed by atoms with Crippen molar-refractivity contribution in [3.63, 3.8) is 0 Å². The van der Waals surface area contributed by atoms with Gasteiger partial charge in [-0.2, -0.15) is 0 Å². The molecule has 0 heterocycles. The topological polar surface area (TPSA) is 0 Å². The Bertz CT molecular complexity index is 13.5. The third kappa shape index (κ3) is 54.3. The van der Waals surface area contributed by atoms with Crippen molar-refractivity contribution in [2.75, 3.05) is 0 Å². The largest absolute Gasteiger partial charge is 0.147 e. The maximum Gasteiger partial charge on any atom is -0.147 e. The van der Waals surface area contributed by atoms with E-state index in [1.165, 1.54) is 0 Å². The van der Waals surface area contributed by atoms with Crippen LogP contribution in [-0.4, -0.2) is 22.5 Å². The zero-order valence-electron chi connectivity index (χ0n) is 3.89. The van der Waals surface area contributed by atoms with Crippen LogP contribution in [-0.2, 0) is 0 Å². The molecule has 39 valence electrons. The molecule has 0 saturated carbocycles. The standard InChI is InChI=1S/C3H7.2ClH.Sn/c1-3-2;;;/h3H,1-2H3;2*1H;. The van der Waals surface area contributed by atoms with Crippen LogP contribution in [0.15, 0.2) is 0 Å². The van der Waals surface area contributed by atoms with E-state index >= 15 is 0 Å². The van der Waals surface area contributed by atoms with Crippen LogP contribution in [0.2, 0.25) is 3.93 Å². The Morgan fingerprint density at radius 3 is 1.17 bits per heavy atom. The van der Waals surface area contributed by atoms with Crippen molar-refractivity contribution >= 4 is 47.3 Å². The third-order valence-corrected chi connectivity index (χ3v) is 0. The van der Waals surface area contributed by atoms with Gasteiger partial charge < -0.3 is 0 Å². The van der Waals surface area contributed by atoms with Crippen molar-refractivity contribution in [3.8, 4) is 0 Å². The van der Waals surface area contributed by atoms with Gasteiger partial charge in [0, 0.05) is 0 Å². The minimum absolute atomic E-state index is 0. The van der Waals surface area contributed by atoms with Crippen molar-refractivity contribution in [2.24, 2.45) is 0 Å². The molecule has 0 aliphatic carbocycles. The Balaban J connectivity index is -0.0000000450. The fraction of sp³-hybridized carbons (Fsp3) is 1.00. The average molecular weight is 235 g/mol. The van der Waals surface area contributed by atoms with Gasteiger partial charge >= 0.3 is 40.3 Å². The van der Waals surface area contributed by atoms with Crippen LogP contribution >= 0.6 is 24.8 Å². The molecule has 0 unspecified atom stereocenters. The summed E-state index contributed by atoms with van der Waals surface area (Å²) in [7, 11) is 0. The van der Waals surface area contributed by atoms with Crippen LogP contribution in [0.3, 0.4) is 0 Å². The molecule has 0 fully saturated rings. The minimum Gasteiger partial charge on any atom is -0.147 e. The van der Waals surface area contributed by atoms with E-state index in [4.69, 9.17) is 0 Å². The SMILES string of the molecule is C[CH](C)[Sn].Cl.Cl. The first-order valence-corrected chi connectivity index (χ1v) is 3.09. The predicted molar refractivity (Wildman–Crippen MR) is 35.3 cm³/mol. The van der Waals surface area contributed by atoms with Gasteiger partial charge in [0.1, 0.15) is 0 Å². The normalized spacial score (nSPS) is 6.00. The maximum absolute atomic E-state index is 2.21. The summed E-state index contributed by atoms with van der Waals surface area (Å²) in [5, 5.41) is 0. The predicted octanol–water partition coefficient (Wildman–Crippen LogP) is 1.83. The summed E-state index contributed by atoms with van der Waals surface area (Å²) < 4.78 is 0.923. The number of hydrogen-bond donors (Lipinski definition) is 0. The first-order valence-electron chi connectivity index (χ1n) is 1.44. The van der Waals surface area contributed by atoms with E-state index in [1.54, 1.807) is 22.5 Å². The zero-order chi connectivity index (χ0) is 3.58. The first-order chi connectivity index (χ1) is 1.73. The summed E-state index contributed by atoms with van der Waals surface area (Å²) in [6.45, 7) is 4.41. The second-order valence-corrected chi connectivity index (χ2v) is 4.45. The average Bonchev–Trinajstić information content (AvgIpc) is 0.811. The Hall–Kier alpha value is 1.38. The van der Waals surface area contributed by atoms with Crippen LogP contribution < -0.4 is 0 Å². The van der Waals surface area contributed by atoms with Crippen molar-refractivity contribution in [1.82, 2.24) is 0 Å². The van der Waals surface area contributed by atoms with E-state index in [2.05, 4.69) is 13.8 Å². The molecule has 0 amide bonds. The van der Waals surface area contributed by atoms with Gasteiger partial charge in [0.25, 0.3) is 0 Å². The van der Waals surface area contributed by atoms with Crippen molar-refractivity contribution in [3.05, 3.63) is 0 Å². The molecule has 0 rings (SSSR count). The number of rotatable bonds is 0. The molecule has 3 radical (unpaired) electrons. The fourth-order valence-electron chi connectivity index (χ4n) is 0. The molecular formula is C3H9Cl2Sn. The Labute approximate surface area is 65.0 Å². The second-order valence-electron chi connectivity index (χ2n) is 1.15. The van der Waals surface area contributed by atoms with Crippen LogP contribution in [0, 0.1) is 0 Å². The van der Waals surface area contributed by atoms with Crippen molar-refractivity contribution in [1.29, 1.82) is 0 Å². The maximum atomic E-state index is 2.21. The molecule has 0 aliphatic heterocycles. The molecule has 0 atom stereocenters. The summed E-state index contributed by atoms with van der Waals surface area (Å²) in [5.41, 5.74) is 0. The molecule has 0 nitrogen and oxygen atoms in total. The van der Waals surface area contributed by atoms with Gasteiger partial charge in [-0.3, -0.25) is 0 Å².